The van der Waals surface area contributed by atoms with Gasteiger partial charge in [-0.2, -0.15) is 0 Å². The fourth-order valence-electron chi connectivity index (χ4n) is 6.73. The van der Waals surface area contributed by atoms with Gasteiger partial charge in [0.25, 0.3) is 0 Å². The van der Waals surface area contributed by atoms with Gasteiger partial charge in [-0.05, 0) is 60.4 Å². The zero-order valence-corrected chi connectivity index (χ0v) is 33.3. The molecular weight excluding hydrogens is 767 g/mol. The van der Waals surface area contributed by atoms with E-state index in [2.05, 4.69) is 26.6 Å². The Labute approximate surface area is 342 Å². The van der Waals surface area contributed by atoms with Crippen molar-refractivity contribution >= 4 is 53.5 Å². The number of primary amides is 1. The average Bonchev–Trinajstić information content (AvgIpc) is 3.18. The topological polar surface area (TPSA) is 263 Å². The molecule has 16 nitrogen and oxygen atoms in total. The van der Waals surface area contributed by atoms with Crippen LogP contribution in [0.1, 0.15) is 89.2 Å². The lowest BCUT2D eigenvalue weighted by Gasteiger charge is -2.29. The SMILES string of the molecule is CC(C)C[C@H](NC(=O)[C@H](CC(=O)O)NC(=O)[C@H](CC1CCCCC1)NC(=O)[C@H](CCC(N)=O)NC(=O)/C=C/c1ccc(F)cc1)C(=O)NC(Cc1ccccc1)C(=O)O. The smallest absolute Gasteiger partial charge is 0.326 e. The Kier molecular flexibility index (Phi) is 19.2. The second-order valence-electron chi connectivity index (χ2n) is 15.2. The number of carbonyl (C=O) groups is 8. The molecule has 0 bridgehead atoms. The van der Waals surface area contributed by atoms with E-state index >= 15 is 0 Å². The number of nitrogens with two attached hydrogens (primary N) is 1. The minimum atomic E-state index is -1.73. The summed E-state index contributed by atoms with van der Waals surface area (Å²) >= 11 is 0. The highest BCUT2D eigenvalue weighted by atomic mass is 19.1. The summed E-state index contributed by atoms with van der Waals surface area (Å²) in [6.45, 7) is 3.53. The summed E-state index contributed by atoms with van der Waals surface area (Å²) in [4.78, 5) is 104. The van der Waals surface area contributed by atoms with Crippen molar-refractivity contribution in [3.05, 3.63) is 77.6 Å². The highest BCUT2D eigenvalue weighted by Gasteiger charge is 2.35. The van der Waals surface area contributed by atoms with Crippen LogP contribution in [0.3, 0.4) is 0 Å². The Hall–Kier alpha value is -6.13. The molecule has 6 amide bonds. The molecule has 5 atom stereocenters. The van der Waals surface area contributed by atoms with Gasteiger partial charge in [-0.25, -0.2) is 9.18 Å². The normalized spacial score (nSPS) is 15.5. The predicted octanol–water partition coefficient (Wildman–Crippen LogP) is 2.35. The van der Waals surface area contributed by atoms with Crippen molar-refractivity contribution in [3.8, 4) is 0 Å². The van der Waals surface area contributed by atoms with Gasteiger partial charge in [0, 0.05) is 18.9 Å². The molecule has 0 aromatic heterocycles. The maximum atomic E-state index is 14.0. The van der Waals surface area contributed by atoms with Crippen LogP contribution < -0.4 is 32.3 Å². The van der Waals surface area contributed by atoms with E-state index in [1.807, 2.05) is 0 Å². The summed E-state index contributed by atoms with van der Waals surface area (Å²) in [5.74, 6) is -8.54. The number of hydrogen-bond donors (Lipinski definition) is 8. The number of nitrogens with one attached hydrogen (secondary N) is 5. The van der Waals surface area contributed by atoms with Gasteiger partial charge in [-0.1, -0.05) is 88.4 Å². The quantitative estimate of drug-likeness (QED) is 0.0759. The molecule has 59 heavy (non-hydrogen) atoms. The number of benzene rings is 2. The van der Waals surface area contributed by atoms with E-state index in [-0.39, 0.29) is 43.9 Å². The van der Waals surface area contributed by atoms with Crippen LogP contribution in [0.25, 0.3) is 6.08 Å². The van der Waals surface area contributed by atoms with E-state index in [9.17, 15) is 53.0 Å². The molecule has 1 aliphatic carbocycles. The molecule has 17 heteroatoms. The third-order valence-electron chi connectivity index (χ3n) is 9.79. The number of aliphatic carboxylic acids is 2. The molecule has 1 unspecified atom stereocenters. The molecule has 0 heterocycles. The van der Waals surface area contributed by atoms with Crippen molar-refractivity contribution in [3.63, 3.8) is 0 Å². The van der Waals surface area contributed by atoms with Crippen LogP contribution in [0, 0.1) is 17.7 Å². The monoisotopic (exact) mass is 822 g/mol. The van der Waals surface area contributed by atoms with Crippen molar-refractivity contribution in [1.29, 1.82) is 0 Å². The first-order valence-electron chi connectivity index (χ1n) is 19.7. The number of halogens is 1. The molecule has 2 aromatic carbocycles. The summed E-state index contributed by atoms with van der Waals surface area (Å²) in [6, 6.07) is 6.82. The van der Waals surface area contributed by atoms with Crippen LogP contribution >= 0.6 is 0 Å². The van der Waals surface area contributed by atoms with Crippen LogP contribution in [-0.2, 0) is 44.8 Å². The van der Waals surface area contributed by atoms with E-state index in [4.69, 9.17) is 5.73 Å². The van der Waals surface area contributed by atoms with Gasteiger partial charge in [0.1, 0.15) is 36.0 Å². The standard InChI is InChI=1S/C42H55FN6O10/c1-25(2)21-31(39(55)49-34(42(58)59)23-28-11-7-4-8-12-28)46-41(57)33(24-37(52)53)48-40(56)32(22-27-9-5-3-6-10-27)47-38(54)30(18-19-35(44)50)45-36(51)20-15-26-13-16-29(43)17-14-26/h4,7-8,11-17,20,25,27,30-34H,3,5-6,9-10,18-19,21-24H2,1-2H3,(H2,44,50)(H,45,51)(H,46,57)(H,47,54)(H,48,56)(H,49,55)(H,52,53)(H,58,59)/b20-15+/t30-,31-,32-,33-,34?/m0/s1. The minimum absolute atomic E-state index is 0.0268. The van der Waals surface area contributed by atoms with Crippen LogP contribution in [0.5, 0.6) is 0 Å². The second-order valence-corrected chi connectivity index (χ2v) is 15.2. The molecule has 2 aromatic rings. The number of carboxylic acid groups (broad SMARTS) is 2. The first-order valence-corrected chi connectivity index (χ1v) is 19.7. The number of carbonyl (C=O) groups excluding carboxylic acids is 6. The summed E-state index contributed by atoms with van der Waals surface area (Å²) < 4.78 is 13.3. The number of carboxylic acids is 2. The maximum absolute atomic E-state index is 14.0. The number of hydrogen-bond acceptors (Lipinski definition) is 8. The van der Waals surface area contributed by atoms with Crippen molar-refractivity contribution < 1.29 is 53.0 Å². The minimum Gasteiger partial charge on any atom is -0.481 e. The molecular formula is C42H55FN6O10. The maximum Gasteiger partial charge on any atom is 0.326 e. The van der Waals surface area contributed by atoms with Crippen LogP contribution in [0.4, 0.5) is 4.39 Å². The molecule has 1 fully saturated rings. The van der Waals surface area contributed by atoms with Crippen molar-refractivity contribution in [2.24, 2.45) is 17.6 Å². The average molecular weight is 823 g/mol. The van der Waals surface area contributed by atoms with Gasteiger partial charge in [-0.3, -0.25) is 33.6 Å². The fourth-order valence-corrected chi connectivity index (χ4v) is 6.73. The highest BCUT2D eigenvalue weighted by Crippen LogP contribution is 2.27. The Bertz CT molecular complexity index is 1800. The Balaban J connectivity index is 1.82. The molecule has 0 saturated heterocycles. The number of amides is 6. The predicted molar refractivity (Wildman–Crippen MR) is 214 cm³/mol. The molecule has 0 spiro atoms. The largest absolute Gasteiger partial charge is 0.481 e. The fraction of sp³-hybridized carbons (Fsp3) is 0.476. The van der Waals surface area contributed by atoms with Gasteiger partial charge in [0.15, 0.2) is 0 Å². The third kappa shape index (κ3) is 17.5. The van der Waals surface area contributed by atoms with E-state index in [1.165, 1.54) is 30.3 Å². The van der Waals surface area contributed by atoms with Gasteiger partial charge in [0.05, 0.1) is 6.42 Å². The zero-order chi connectivity index (χ0) is 43.5. The second kappa shape index (κ2) is 23.9. The van der Waals surface area contributed by atoms with Gasteiger partial charge < -0.3 is 42.5 Å². The molecule has 1 saturated carbocycles. The Morgan fingerprint density at radius 2 is 1.29 bits per heavy atom. The lowest BCUT2D eigenvalue weighted by atomic mass is 9.84. The summed E-state index contributed by atoms with van der Waals surface area (Å²) in [5.41, 5.74) is 6.47. The van der Waals surface area contributed by atoms with E-state index in [1.54, 1.807) is 44.2 Å². The first kappa shape index (κ1) is 47.2. The molecule has 320 valence electrons. The summed E-state index contributed by atoms with van der Waals surface area (Å²) in [6.07, 6.45) is 5.38. The lowest BCUT2D eigenvalue weighted by molar-refractivity contribution is -0.143. The Morgan fingerprint density at radius 3 is 1.88 bits per heavy atom. The van der Waals surface area contributed by atoms with E-state index < -0.39 is 89.8 Å². The zero-order valence-electron chi connectivity index (χ0n) is 33.3. The van der Waals surface area contributed by atoms with E-state index in [0.717, 1.165) is 38.2 Å². The van der Waals surface area contributed by atoms with Crippen LogP contribution in [0.2, 0.25) is 0 Å². The Morgan fingerprint density at radius 1 is 0.729 bits per heavy atom. The molecule has 9 N–H and O–H groups in total. The summed E-state index contributed by atoms with van der Waals surface area (Å²) in [7, 11) is 0. The van der Waals surface area contributed by atoms with Crippen molar-refractivity contribution in [2.75, 3.05) is 0 Å². The molecule has 3 rings (SSSR count). The van der Waals surface area contributed by atoms with E-state index in [0.29, 0.717) is 11.1 Å². The van der Waals surface area contributed by atoms with Crippen LogP contribution in [-0.4, -0.2) is 87.8 Å². The lowest BCUT2D eigenvalue weighted by Crippen LogP contribution is -2.59. The van der Waals surface area contributed by atoms with Gasteiger partial charge >= 0.3 is 11.9 Å². The van der Waals surface area contributed by atoms with Gasteiger partial charge in [-0.15, -0.1) is 0 Å². The first-order chi connectivity index (χ1) is 28.0. The summed E-state index contributed by atoms with van der Waals surface area (Å²) in [5, 5.41) is 32.1. The third-order valence-corrected chi connectivity index (χ3v) is 9.79. The van der Waals surface area contributed by atoms with Crippen molar-refractivity contribution in [2.45, 2.75) is 115 Å². The van der Waals surface area contributed by atoms with Crippen molar-refractivity contribution in [1.82, 2.24) is 26.6 Å². The highest BCUT2D eigenvalue weighted by molar-refractivity contribution is 5.98. The number of rotatable bonds is 23. The van der Waals surface area contributed by atoms with Gasteiger partial charge in [0.2, 0.25) is 35.4 Å². The molecule has 0 radical (unpaired) electrons. The molecule has 0 aliphatic heterocycles. The van der Waals surface area contributed by atoms with Crippen LogP contribution in [0.15, 0.2) is 60.7 Å². The molecule has 1 aliphatic rings.